The predicted molar refractivity (Wildman–Crippen MR) is 111 cm³/mol. The Balaban J connectivity index is 1.46. The Kier molecular flexibility index (Phi) is 5.56. The van der Waals surface area contributed by atoms with Crippen LogP contribution in [0.15, 0.2) is 88.0 Å². The number of rotatable bonds is 7. The Morgan fingerprint density at radius 3 is 2.52 bits per heavy atom. The van der Waals surface area contributed by atoms with E-state index >= 15 is 0 Å². The van der Waals surface area contributed by atoms with E-state index in [0.29, 0.717) is 31.0 Å². The van der Waals surface area contributed by atoms with Crippen LogP contribution < -0.4 is 4.90 Å². The molecule has 5 nitrogen and oxygen atoms in total. The summed E-state index contributed by atoms with van der Waals surface area (Å²) >= 11 is 0. The van der Waals surface area contributed by atoms with Crippen molar-refractivity contribution in [2.24, 2.45) is 0 Å². The molecule has 2 aromatic carbocycles. The van der Waals surface area contributed by atoms with Gasteiger partial charge in [-0.3, -0.25) is 4.79 Å². The number of carbonyl (C=O) groups excluding carboxylic acids is 1. The molecule has 0 aliphatic rings. The fourth-order valence-electron chi connectivity index (χ4n) is 3.12. The van der Waals surface area contributed by atoms with Crippen LogP contribution in [0.2, 0.25) is 0 Å². The molecule has 4 rings (SSSR count). The predicted octanol–water partition coefficient (Wildman–Crippen LogP) is 5.41. The minimum atomic E-state index is -0.00952. The van der Waals surface area contributed by atoms with Crippen LogP contribution >= 0.6 is 0 Å². The lowest BCUT2D eigenvalue weighted by atomic mass is 10.2. The van der Waals surface area contributed by atoms with Gasteiger partial charge in [-0.05, 0) is 31.2 Å². The van der Waals surface area contributed by atoms with E-state index in [1.54, 1.807) is 17.4 Å². The summed E-state index contributed by atoms with van der Waals surface area (Å²) < 4.78 is 11.3. The third-order valence-electron chi connectivity index (χ3n) is 4.71. The summed E-state index contributed by atoms with van der Waals surface area (Å²) in [6.45, 7) is 2.41. The minimum Gasteiger partial charge on any atom is -0.467 e. The standard InChI is InChI=1S/C24H22N2O3/c1-18-9-11-20(12-10-18)26(17-21-8-5-15-28-21)24(27)14-13-23-25-16-22(29-23)19-6-3-2-4-7-19/h2-12,15-16H,13-14,17H2,1H3. The maximum absolute atomic E-state index is 13.0. The highest BCUT2D eigenvalue weighted by Gasteiger charge is 2.18. The van der Waals surface area contributed by atoms with Gasteiger partial charge in [0, 0.05) is 24.1 Å². The van der Waals surface area contributed by atoms with Crippen LogP contribution in [0, 0.1) is 6.92 Å². The summed E-state index contributed by atoms with van der Waals surface area (Å²) in [7, 11) is 0. The first-order chi connectivity index (χ1) is 14.2. The van der Waals surface area contributed by atoms with Crippen molar-refractivity contribution < 1.29 is 13.6 Å². The molecule has 2 heterocycles. The summed E-state index contributed by atoms with van der Waals surface area (Å²) in [6.07, 6.45) is 4.05. The number of hydrogen-bond donors (Lipinski definition) is 0. The van der Waals surface area contributed by atoms with E-state index in [1.807, 2.05) is 73.7 Å². The van der Waals surface area contributed by atoms with Gasteiger partial charge in [-0.15, -0.1) is 0 Å². The summed E-state index contributed by atoms with van der Waals surface area (Å²) in [6, 6.07) is 21.4. The van der Waals surface area contributed by atoms with Gasteiger partial charge in [0.25, 0.3) is 0 Å². The number of carbonyl (C=O) groups is 1. The monoisotopic (exact) mass is 386 g/mol. The highest BCUT2D eigenvalue weighted by atomic mass is 16.4. The van der Waals surface area contributed by atoms with Crippen molar-refractivity contribution in [2.75, 3.05) is 4.90 Å². The summed E-state index contributed by atoms with van der Waals surface area (Å²) in [5.41, 5.74) is 2.96. The normalized spacial score (nSPS) is 10.8. The van der Waals surface area contributed by atoms with Crippen molar-refractivity contribution in [3.63, 3.8) is 0 Å². The van der Waals surface area contributed by atoms with E-state index in [1.165, 1.54) is 0 Å². The van der Waals surface area contributed by atoms with Gasteiger partial charge in [-0.1, -0.05) is 48.0 Å². The zero-order valence-electron chi connectivity index (χ0n) is 16.2. The van der Waals surface area contributed by atoms with Gasteiger partial charge in [0.05, 0.1) is 19.0 Å². The Bertz CT molecular complexity index is 1050. The molecule has 146 valence electrons. The van der Waals surface area contributed by atoms with Crippen molar-refractivity contribution in [3.05, 3.63) is 96.4 Å². The van der Waals surface area contributed by atoms with Crippen LogP contribution in [0.1, 0.15) is 23.6 Å². The summed E-state index contributed by atoms with van der Waals surface area (Å²) in [5.74, 6) is 1.99. The van der Waals surface area contributed by atoms with E-state index in [0.717, 1.165) is 22.6 Å². The van der Waals surface area contributed by atoms with E-state index in [9.17, 15) is 4.79 Å². The minimum absolute atomic E-state index is 0.00952. The van der Waals surface area contributed by atoms with E-state index in [4.69, 9.17) is 8.83 Å². The number of anilines is 1. The Morgan fingerprint density at radius 2 is 1.79 bits per heavy atom. The summed E-state index contributed by atoms with van der Waals surface area (Å²) in [5, 5.41) is 0. The first-order valence-electron chi connectivity index (χ1n) is 9.58. The number of hydrogen-bond acceptors (Lipinski definition) is 4. The fraction of sp³-hybridized carbons (Fsp3) is 0.167. The third-order valence-corrected chi connectivity index (χ3v) is 4.71. The highest BCUT2D eigenvalue weighted by Crippen LogP contribution is 2.22. The Morgan fingerprint density at radius 1 is 1.00 bits per heavy atom. The van der Waals surface area contributed by atoms with Crippen LogP contribution in [0.4, 0.5) is 5.69 Å². The molecule has 2 aromatic heterocycles. The molecule has 0 radical (unpaired) electrons. The molecule has 0 N–H and O–H groups in total. The van der Waals surface area contributed by atoms with Gasteiger partial charge in [0.15, 0.2) is 11.7 Å². The molecular weight excluding hydrogens is 364 g/mol. The largest absolute Gasteiger partial charge is 0.467 e. The molecule has 0 aliphatic heterocycles. The molecule has 0 saturated carbocycles. The molecule has 0 fully saturated rings. The number of aromatic nitrogens is 1. The van der Waals surface area contributed by atoms with Crippen LogP contribution in [0.3, 0.4) is 0 Å². The van der Waals surface area contributed by atoms with Crippen molar-refractivity contribution >= 4 is 11.6 Å². The molecule has 1 amide bonds. The average Bonchev–Trinajstić information content (AvgIpc) is 3.44. The number of nitrogens with zero attached hydrogens (tertiary/aromatic N) is 2. The van der Waals surface area contributed by atoms with Crippen LogP contribution in [-0.4, -0.2) is 10.9 Å². The van der Waals surface area contributed by atoms with Gasteiger partial charge in [-0.25, -0.2) is 4.98 Å². The number of aryl methyl sites for hydroxylation is 2. The molecule has 0 spiro atoms. The number of amides is 1. The van der Waals surface area contributed by atoms with Crippen molar-refractivity contribution in [3.8, 4) is 11.3 Å². The molecule has 4 aromatic rings. The van der Waals surface area contributed by atoms with Crippen LogP contribution in [0.5, 0.6) is 0 Å². The number of furan rings is 1. The second-order valence-corrected chi connectivity index (χ2v) is 6.88. The maximum atomic E-state index is 13.0. The first kappa shape index (κ1) is 18.7. The maximum Gasteiger partial charge on any atom is 0.227 e. The quantitative estimate of drug-likeness (QED) is 0.426. The van der Waals surface area contributed by atoms with Crippen molar-refractivity contribution in [1.29, 1.82) is 0 Å². The van der Waals surface area contributed by atoms with Gasteiger partial charge >= 0.3 is 0 Å². The molecule has 0 unspecified atom stereocenters. The highest BCUT2D eigenvalue weighted by molar-refractivity contribution is 5.93. The van der Waals surface area contributed by atoms with Gasteiger partial charge in [0.2, 0.25) is 5.91 Å². The lowest BCUT2D eigenvalue weighted by Gasteiger charge is -2.22. The molecular formula is C24H22N2O3. The average molecular weight is 386 g/mol. The van der Waals surface area contributed by atoms with Gasteiger partial charge in [-0.2, -0.15) is 0 Å². The van der Waals surface area contributed by atoms with E-state index in [-0.39, 0.29) is 5.91 Å². The SMILES string of the molecule is Cc1ccc(N(Cc2ccco2)C(=O)CCc2ncc(-c3ccccc3)o2)cc1. The molecule has 29 heavy (non-hydrogen) atoms. The van der Waals surface area contributed by atoms with Gasteiger partial charge < -0.3 is 13.7 Å². The second-order valence-electron chi connectivity index (χ2n) is 6.88. The molecule has 0 aliphatic carbocycles. The van der Waals surface area contributed by atoms with Gasteiger partial charge in [0.1, 0.15) is 5.76 Å². The van der Waals surface area contributed by atoms with E-state index < -0.39 is 0 Å². The Hall–Kier alpha value is -3.60. The Labute approximate surface area is 169 Å². The van der Waals surface area contributed by atoms with Crippen LogP contribution in [-0.2, 0) is 17.8 Å². The number of benzene rings is 2. The topological polar surface area (TPSA) is 59.5 Å². The molecule has 5 heteroatoms. The van der Waals surface area contributed by atoms with Crippen molar-refractivity contribution in [2.45, 2.75) is 26.3 Å². The molecule has 0 atom stereocenters. The zero-order chi connectivity index (χ0) is 20.1. The van der Waals surface area contributed by atoms with Crippen molar-refractivity contribution in [1.82, 2.24) is 4.98 Å². The fourth-order valence-corrected chi connectivity index (χ4v) is 3.12. The lowest BCUT2D eigenvalue weighted by Crippen LogP contribution is -2.30. The number of oxazole rings is 1. The molecule has 0 saturated heterocycles. The summed E-state index contributed by atoms with van der Waals surface area (Å²) in [4.78, 5) is 19.1. The van der Waals surface area contributed by atoms with Crippen LogP contribution in [0.25, 0.3) is 11.3 Å². The smallest absolute Gasteiger partial charge is 0.227 e. The van der Waals surface area contributed by atoms with E-state index in [2.05, 4.69) is 4.98 Å². The molecule has 0 bridgehead atoms. The first-order valence-corrected chi connectivity index (χ1v) is 9.58. The lowest BCUT2D eigenvalue weighted by molar-refractivity contribution is -0.118. The second kappa shape index (κ2) is 8.61. The zero-order valence-corrected chi connectivity index (χ0v) is 16.2. The third kappa shape index (κ3) is 4.63.